The number of unbranched alkanes of at least 4 members (excludes halogenated alkanes) is 17. The molecule has 334 valence electrons. The average Bonchev–Trinajstić information content (AvgIpc) is 3.18. The lowest BCUT2D eigenvalue weighted by atomic mass is 10.0. The Morgan fingerprint density at radius 3 is 1.43 bits per heavy atom. The Balaban J connectivity index is 4.38. The fraction of sp³-hybridized carbons (Fsp3) is 0.740. The van der Waals surface area contributed by atoms with E-state index in [0.717, 1.165) is 70.6 Å². The van der Waals surface area contributed by atoms with Crippen LogP contribution in [0.1, 0.15) is 187 Å². The molecule has 0 saturated carbocycles. The Hall–Kier alpha value is -2.97. The lowest BCUT2D eigenvalue weighted by molar-refractivity contribution is -0.889. The van der Waals surface area contributed by atoms with E-state index in [2.05, 4.69) is 74.6 Å². The molecule has 0 N–H and O–H groups in total. The number of hydrogen-bond acceptors (Lipinski definition) is 7. The van der Waals surface area contributed by atoms with Gasteiger partial charge in [-0.1, -0.05) is 171 Å². The third-order valence-electron chi connectivity index (χ3n) is 10.2. The van der Waals surface area contributed by atoms with Crippen LogP contribution in [-0.2, 0) is 28.6 Å². The van der Waals surface area contributed by atoms with Gasteiger partial charge in [-0.3, -0.25) is 9.59 Å². The van der Waals surface area contributed by atoms with Gasteiger partial charge >= 0.3 is 11.9 Å². The molecule has 0 aliphatic carbocycles. The second kappa shape index (κ2) is 40.8. The molecule has 0 amide bonds. The van der Waals surface area contributed by atoms with Gasteiger partial charge in [0.2, 0.25) is 0 Å². The summed E-state index contributed by atoms with van der Waals surface area (Å²) >= 11 is 0. The number of likely N-dealkylation sites (N-methyl/N-ethyl adjacent to an activating group) is 1. The minimum absolute atomic E-state index is 0.0267. The van der Waals surface area contributed by atoms with Crippen LogP contribution in [0.15, 0.2) is 60.8 Å². The van der Waals surface area contributed by atoms with Gasteiger partial charge in [-0.15, -0.1) is 0 Å². The predicted molar refractivity (Wildman–Crippen MR) is 240 cm³/mol. The van der Waals surface area contributed by atoms with Gasteiger partial charge in [0.25, 0.3) is 0 Å². The van der Waals surface area contributed by atoms with E-state index in [1.54, 1.807) is 21.1 Å². The number of nitrogens with zero attached hydrogens (tertiary/aromatic N) is 1. The van der Waals surface area contributed by atoms with Crippen molar-refractivity contribution in [2.24, 2.45) is 0 Å². The first kappa shape index (κ1) is 55.0. The Labute approximate surface area is 356 Å². The van der Waals surface area contributed by atoms with Crippen LogP contribution in [0.3, 0.4) is 0 Å². The average molecular weight is 814 g/mol. The lowest BCUT2D eigenvalue weighted by Crippen LogP contribution is -2.55. The van der Waals surface area contributed by atoms with Crippen LogP contribution < -0.4 is 5.11 Å². The maximum atomic E-state index is 12.7. The smallest absolute Gasteiger partial charge is 0.306 e. The number of aliphatic carboxylic acids is 1. The fourth-order valence-corrected chi connectivity index (χ4v) is 6.57. The van der Waals surface area contributed by atoms with Crippen molar-refractivity contribution in [2.45, 2.75) is 199 Å². The number of carboxylic acid groups (broad SMARTS) is 1. The van der Waals surface area contributed by atoms with Crippen molar-refractivity contribution in [2.75, 3.05) is 41.0 Å². The van der Waals surface area contributed by atoms with Gasteiger partial charge < -0.3 is 28.6 Å². The van der Waals surface area contributed by atoms with Crippen LogP contribution in [0, 0.1) is 0 Å². The normalized spacial score (nSPS) is 13.5. The highest BCUT2D eigenvalue weighted by atomic mass is 16.6. The Morgan fingerprint density at radius 1 is 0.534 bits per heavy atom. The number of carbonyl (C=O) groups is 3. The van der Waals surface area contributed by atoms with Crippen LogP contribution in [0.2, 0.25) is 0 Å². The summed E-state index contributed by atoms with van der Waals surface area (Å²) in [4.78, 5) is 36.9. The predicted octanol–water partition coefficient (Wildman–Crippen LogP) is 11.6. The Morgan fingerprint density at radius 2 is 0.966 bits per heavy atom. The number of carboxylic acids is 1. The van der Waals surface area contributed by atoms with Gasteiger partial charge in [0.15, 0.2) is 6.10 Å². The largest absolute Gasteiger partial charge is 0.544 e. The number of carbonyl (C=O) groups excluding carboxylic acids is 3. The molecule has 0 rings (SSSR count). The third kappa shape index (κ3) is 38.5. The Bertz CT molecular complexity index is 1130. The summed E-state index contributed by atoms with van der Waals surface area (Å²) in [5.74, 6) is -1.78. The lowest BCUT2D eigenvalue weighted by Gasteiger charge is -2.34. The molecule has 0 heterocycles. The molecule has 0 aromatic heterocycles. The first-order valence-corrected chi connectivity index (χ1v) is 23.3. The minimum Gasteiger partial charge on any atom is -0.544 e. The second-order valence-corrected chi connectivity index (χ2v) is 16.6. The van der Waals surface area contributed by atoms with Crippen LogP contribution in [0.4, 0.5) is 0 Å². The van der Waals surface area contributed by atoms with Gasteiger partial charge in [0, 0.05) is 19.3 Å². The number of rotatable bonds is 41. The van der Waals surface area contributed by atoms with Crippen LogP contribution in [0.25, 0.3) is 0 Å². The molecule has 0 spiro atoms. The van der Waals surface area contributed by atoms with E-state index in [4.69, 9.17) is 14.2 Å². The number of quaternary nitrogens is 1. The molecule has 0 aliphatic rings. The van der Waals surface area contributed by atoms with Crippen molar-refractivity contribution in [1.82, 2.24) is 0 Å². The topological polar surface area (TPSA) is 102 Å². The van der Waals surface area contributed by atoms with E-state index in [0.29, 0.717) is 12.8 Å². The third-order valence-corrected chi connectivity index (χ3v) is 10.2. The quantitative estimate of drug-likeness (QED) is 0.0262. The molecule has 0 saturated heterocycles. The SMILES string of the molecule is CC/C=C\C/C=C\C/C=C\C/C=C\C/C=C\CCCCCC(=O)OC(COCCC(C(=O)[O-])[N+](C)(C)C)COC(=O)CCCCCCCCCCCCCCCCC. The Kier molecular flexibility index (Phi) is 38.7. The molecule has 8 nitrogen and oxygen atoms in total. The molecule has 0 aromatic carbocycles. The van der Waals surface area contributed by atoms with Crippen LogP contribution in [-0.4, -0.2) is 75.5 Å². The first-order valence-electron chi connectivity index (χ1n) is 23.3. The highest BCUT2D eigenvalue weighted by Gasteiger charge is 2.25. The summed E-state index contributed by atoms with van der Waals surface area (Å²) in [5, 5.41) is 11.6. The zero-order valence-electron chi connectivity index (χ0n) is 37.9. The van der Waals surface area contributed by atoms with Crippen molar-refractivity contribution >= 4 is 17.9 Å². The summed E-state index contributed by atoms with van der Waals surface area (Å²) in [6.45, 7) is 4.52. The first-order chi connectivity index (χ1) is 28.1. The van der Waals surface area contributed by atoms with Crippen molar-refractivity contribution in [1.29, 1.82) is 0 Å². The summed E-state index contributed by atoms with van der Waals surface area (Å²) in [6, 6.07) is -0.733. The van der Waals surface area contributed by atoms with E-state index < -0.39 is 18.1 Å². The van der Waals surface area contributed by atoms with E-state index in [-0.39, 0.29) is 49.1 Å². The summed E-state index contributed by atoms with van der Waals surface area (Å²) in [5.41, 5.74) is 0. The van der Waals surface area contributed by atoms with Gasteiger partial charge in [-0.25, -0.2) is 0 Å². The molecular formula is C50H87NO7. The molecular weight excluding hydrogens is 727 g/mol. The fourth-order valence-electron chi connectivity index (χ4n) is 6.57. The maximum absolute atomic E-state index is 12.7. The van der Waals surface area contributed by atoms with Gasteiger partial charge in [-0.2, -0.15) is 0 Å². The molecule has 0 fully saturated rings. The van der Waals surface area contributed by atoms with Crippen LogP contribution in [0.5, 0.6) is 0 Å². The van der Waals surface area contributed by atoms with E-state index >= 15 is 0 Å². The monoisotopic (exact) mass is 814 g/mol. The molecule has 0 radical (unpaired) electrons. The van der Waals surface area contributed by atoms with Gasteiger partial charge in [0.1, 0.15) is 12.6 Å². The standard InChI is InChI=1S/C50H87NO7/c1-6-8-10-12-14-16-18-20-22-23-24-25-27-29-31-33-35-37-39-41-49(53)58-46(44-56-43-42-47(50(54)55)51(3,4)5)45-57-48(52)40-38-36-34-32-30-28-26-21-19-17-15-13-11-9-7-2/h8,10,14,16,20,22,24-25,29,31,46-47H,6-7,9,11-13,15,17-19,21,23,26-28,30,32-45H2,1-5H3/b10-8-,16-14-,22-20-,25-24-,31-29-. The number of allylic oxidation sites excluding steroid dienone is 10. The van der Waals surface area contributed by atoms with Crippen molar-refractivity contribution in [3.05, 3.63) is 60.8 Å². The molecule has 2 unspecified atom stereocenters. The molecule has 58 heavy (non-hydrogen) atoms. The highest BCUT2D eigenvalue weighted by Crippen LogP contribution is 2.15. The van der Waals surface area contributed by atoms with Crippen molar-refractivity contribution < 1.29 is 38.2 Å². The number of esters is 2. The maximum Gasteiger partial charge on any atom is 0.306 e. The summed E-state index contributed by atoms with van der Waals surface area (Å²) in [6.07, 6.45) is 49.6. The van der Waals surface area contributed by atoms with Crippen LogP contribution >= 0.6 is 0 Å². The van der Waals surface area contributed by atoms with E-state index in [1.165, 1.54) is 77.0 Å². The molecule has 0 bridgehead atoms. The van der Waals surface area contributed by atoms with Crippen molar-refractivity contribution in [3.8, 4) is 0 Å². The highest BCUT2D eigenvalue weighted by molar-refractivity contribution is 5.70. The minimum atomic E-state index is -1.13. The zero-order valence-corrected chi connectivity index (χ0v) is 37.9. The number of ether oxygens (including phenoxy) is 3. The number of hydrogen-bond donors (Lipinski definition) is 0. The summed E-state index contributed by atoms with van der Waals surface area (Å²) < 4.78 is 17.2. The zero-order chi connectivity index (χ0) is 42.8. The van der Waals surface area contributed by atoms with E-state index in [9.17, 15) is 19.5 Å². The van der Waals surface area contributed by atoms with Gasteiger partial charge in [-0.05, 0) is 57.8 Å². The molecule has 0 aromatic rings. The molecule has 8 heteroatoms. The second-order valence-electron chi connectivity index (χ2n) is 16.6. The van der Waals surface area contributed by atoms with Crippen molar-refractivity contribution in [3.63, 3.8) is 0 Å². The summed E-state index contributed by atoms with van der Waals surface area (Å²) in [7, 11) is 5.39. The molecule has 0 aliphatic heterocycles. The molecule has 2 atom stereocenters. The van der Waals surface area contributed by atoms with E-state index in [1.807, 2.05) is 0 Å². The van der Waals surface area contributed by atoms with Gasteiger partial charge in [0.05, 0.1) is 40.3 Å².